The third-order valence-electron chi connectivity index (χ3n) is 7.76. The minimum Gasteiger partial charge on any atom is -0.379 e. The number of likely N-dealkylation sites (N-methyl/N-ethyl adjacent to an activating group) is 2. The predicted molar refractivity (Wildman–Crippen MR) is 216 cm³/mol. The van der Waals surface area contributed by atoms with Crippen molar-refractivity contribution in [2.45, 2.75) is 45.6 Å². The second kappa shape index (κ2) is 43.0. The Hall–Kier alpha value is -3.09. The van der Waals surface area contributed by atoms with Crippen LogP contribution in [-0.2, 0) is 71.3 Å². The second-order valence-corrected chi connectivity index (χ2v) is 12.8. The van der Waals surface area contributed by atoms with Gasteiger partial charge in [-0.2, -0.15) is 0 Å². The van der Waals surface area contributed by atoms with E-state index < -0.39 is 17.9 Å². The molecular formula is C38H74N6O15. The molecule has 346 valence electrons. The average molecular weight is 855 g/mol. The smallest absolute Gasteiger partial charge is 0.245 e. The molecule has 0 saturated carbocycles. The van der Waals surface area contributed by atoms with Gasteiger partial charge < -0.3 is 79.3 Å². The maximum absolute atomic E-state index is 12.0. The molecule has 59 heavy (non-hydrogen) atoms. The normalized spacial score (nSPS) is 11.6. The number of nitrogens with zero attached hydrogens (tertiary/aromatic N) is 1. The van der Waals surface area contributed by atoms with Crippen molar-refractivity contribution in [2.24, 2.45) is 5.73 Å². The fourth-order valence-corrected chi connectivity index (χ4v) is 4.47. The van der Waals surface area contributed by atoms with E-state index in [0.717, 1.165) is 13.1 Å². The molecule has 0 radical (unpaired) electrons. The number of hydrogen-bond acceptors (Lipinski definition) is 16. The standard InChI is InChI=1S/C38H74N6O15/c1-4-40-10-13-51-16-18-54-20-22-56-24-26-58-28-27-57-25-23-55-21-19-53-17-15-50-12-8-35(46)42-11-14-52-29-30-59-32-37(48)41-9-6-5-7-34(38(39)49)43-36(47)31-44(3)33(2)45/h34,40H,4-32H2,1-3H3,(H2,39,49)(H,41,48)(H,42,46)(H,43,47). The zero-order valence-electron chi connectivity index (χ0n) is 35.7. The van der Waals surface area contributed by atoms with Gasteiger partial charge in [-0.05, 0) is 25.8 Å². The lowest BCUT2D eigenvalue weighted by molar-refractivity contribution is -0.134. The summed E-state index contributed by atoms with van der Waals surface area (Å²) in [6.07, 6.45) is 1.61. The Balaban J connectivity index is 3.40. The first-order valence-electron chi connectivity index (χ1n) is 20.5. The van der Waals surface area contributed by atoms with Crippen LogP contribution in [0.4, 0.5) is 0 Å². The zero-order chi connectivity index (χ0) is 43.4. The molecule has 0 fully saturated rings. The summed E-state index contributed by atoms with van der Waals surface area (Å²) in [7, 11) is 1.48. The van der Waals surface area contributed by atoms with Crippen LogP contribution < -0.4 is 27.0 Å². The maximum Gasteiger partial charge on any atom is 0.245 e. The lowest BCUT2D eigenvalue weighted by atomic mass is 10.1. The molecule has 0 spiro atoms. The van der Waals surface area contributed by atoms with Gasteiger partial charge in [0.15, 0.2) is 0 Å². The summed E-state index contributed by atoms with van der Waals surface area (Å²) in [5.74, 6) is -1.88. The summed E-state index contributed by atoms with van der Waals surface area (Å²) in [5, 5.41) is 11.2. The van der Waals surface area contributed by atoms with Crippen LogP contribution in [0.3, 0.4) is 0 Å². The molecule has 0 heterocycles. The van der Waals surface area contributed by atoms with Gasteiger partial charge in [0.1, 0.15) is 12.6 Å². The monoisotopic (exact) mass is 855 g/mol. The molecule has 0 bridgehead atoms. The van der Waals surface area contributed by atoms with Crippen molar-refractivity contribution < 1.29 is 71.3 Å². The molecule has 0 aromatic heterocycles. The van der Waals surface area contributed by atoms with Gasteiger partial charge in [-0.3, -0.25) is 24.0 Å². The summed E-state index contributed by atoms with van der Waals surface area (Å²) in [4.78, 5) is 60.0. The van der Waals surface area contributed by atoms with E-state index in [-0.39, 0.29) is 57.1 Å². The molecule has 0 aliphatic heterocycles. The van der Waals surface area contributed by atoms with Gasteiger partial charge in [0, 0.05) is 40.0 Å². The predicted octanol–water partition coefficient (Wildman–Crippen LogP) is -2.00. The number of hydrogen-bond donors (Lipinski definition) is 5. The van der Waals surface area contributed by atoms with Crippen molar-refractivity contribution in [1.29, 1.82) is 0 Å². The van der Waals surface area contributed by atoms with E-state index in [1.807, 2.05) is 0 Å². The Labute approximate surface area is 349 Å². The molecule has 6 N–H and O–H groups in total. The highest BCUT2D eigenvalue weighted by molar-refractivity contribution is 5.89. The van der Waals surface area contributed by atoms with Crippen molar-refractivity contribution in [3.8, 4) is 0 Å². The van der Waals surface area contributed by atoms with E-state index in [2.05, 4.69) is 28.2 Å². The first-order valence-corrected chi connectivity index (χ1v) is 20.5. The number of carbonyl (C=O) groups excluding carboxylic acids is 5. The zero-order valence-corrected chi connectivity index (χ0v) is 35.7. The van der Waals surface area contributed by atoms with Gasteiger partial charge in [-0.1, -0.05) is 6.92 Å². The van der Waals surface area contributed by atoms with Gasteiger partial charge in [-0.25, -0.2) is 0 Å². The Morgan fingerprint density at radius 2 is 0.949 bits per heavy atom. The molecule has 0 saturated heterocycles. The SMILES string of the molecule is CCNCCOCCOCCOCCOCCOCCOCCOCCOCCC(=O)NCCOCCOCC(=O)NCCCCC(NC(=O)CN(C)C(C)=O)C(N)=O. The van der Waals surface area contributed by atoms with Crippen LogP contribution >= 0.6 is 0 Å². The number of primary amides is 1. The summed E-state index contributed by atoms with van der Waals surface area (Å²) in [6.45, 7) is 14.0. The number of carbonyl (C=O) groups is 5. The minimum atomic E-state index is -0.862. The highest BCUT2D eigenvalue weighted by atomic mass is 16.6. The first kappa shape index (κ1) is 55.9. The Bertz CT molecular complexity index is 1050. The van der Waals surface area contributed by atoms with Gasteiger partial charge in [0.2, 0.25) is 29.5 Å². The molecule has 1 atom stereocenters. The molecule has 5 amide bonds. The number of rotatable bonds is 45. The van der Waals surface area contributed by atoms with E-state index >= 15 is 0 Å². The van der Waals surface area contributed by atoms with Crippen LogP contribution in [0.1, 0.15) is 39.5 Å². The van der Waals surface area contributed by atoms with Gasteiger partial charge in [0.05, 0.1) is 132 Å². The summed E-state index contributed by atoms with van der Waals surface area (Å²) >= 11 is 0. The van der Waals surface area contributed by atoms with Crippen LogP contribution in [0.15, 0.2) is 0 Å². The van der Waals surface area contributed by atoms with Crippen molar-refractivity contribution in [2.75, 3.05) is 172 Å². The Morgan fingerprint density at radius 3 is 1.41 bits per heavy atom. The molecule has 21 heteroatoms. The second-order valence-electron chi connectivity index (χ2n) is 12.8. The van der Waals surface area contributed by atoms with Crippen molar-refractivity contribution >= 4 is 29.5 Å². The van der Waals surface area contributed by atoms with Gasteiger partial charge in [-0.15, -0.1) is 0 Å². The fourth-order valence-electron chi connectivity index (χ4n) is 4.47. The van der Waals surface area contributed by atoms with Crippen molar-refractivity contribution in [3.63, 3.8) is 0 Å². The van der Waals surface area contributed by atoms with E-state index in [9.17, 15) is 24.0 Å². The minimum absolute atomic E-state index is 0.138. The average Bonchev–Trinajstić information content (AvgIpc) is 3.20. The summed E-state index contributed by atoms with van der Waals surface area (Å²) < 4.78 is 54.3. The number of nitrogens with two attached hydrogens (primary N) is 1. The quantitative estimate of drug-likeness (QED) is 0.0416. The molecule has 0 rings (SSSR count). The molecule has 0 aromatic rings. The molecular weight excluding hydrogens is 780 g/mol. The van der Waals surface area contributed by atoms with E-state index in [1.165, 1.54) is 18.9 Å². The molecule has 0 aliphatic rings. The van der Waals surface area contributed by atoms with Crippen molar-refractivity contribution in [1.82, 2.24) is 26.2 Å². The molecule has 0 aliphatic carbocycles. The molecule has 0 aromatic carbocycles. The molecule has 1 unspecified atom stereocenters. The number of amides is 5. The van der Waals surface area contributed by atoms with Crippen LogP contribution in [0.2, 0.25) is 0 Å². The number of unbranched alkanes of at least 4 members (excludes halogenated alkanes) is 1. The van der Waals surface area contributed by atoms with Crippen molar-refractivity contribution in [3.05, 3.63) is 0 Å². The third-order valence-corrected chi connectivity index (χ3v) is 7.76. The summed E-state index contributed by atoms with van der Waals surface area (Å²) in [6, 6.07) is -0.862. The highest BCUT2D eigenvalue weighted by Crippen LogP contribution is 2.01. The van der Waals surface area contributed by atoms with Crippen LogP contribution in [0.5, 0.6) is 0 Å². The third kappa shape index (κ3) is 41.4. The maximum atomic E-state index is 12.0. The van der Waals surface area contributed by atoms with E-state index in [1.54, 1.807) is 0 Å². The number of nitrogens with one attached hydrogen (secondary N) is 4. The largest absolute Gasteiger partial charge is 0.379 e. The summed E-state index contributed by atoms with van der Waals surface area (Å²) in [5.41, 5.74) is 5.37. The number of ether oxygens (including phenoxy) is 10. The Morgan fingerprint density at radius 1 is 0.525 bits per heavy atom. The lowest BCUT2D eigenvalue weighted by Crippen LogP contribution is -2.48. The van der Waals surface area contributed by atoms with Crippen LogP contribution in [0, 0.1) is 0 Å². The van der Waals surface area contributed by atoms with Gasteiger partial charge in [0.25, 0.3) is 0 Å². The first-order chi connectivity index (χ1) is 28.7. The lowest BCUT2D eigenvalue weighted by Gasteiger charge is -2.18. The van der Waals surface area contributed by atoms with Crippen LogP contribution in [-0.4, -0.2) is 212 Å². The Kier molecular flexibility index (Phi) is 40.8. The van der Waals surface area contributed by atoms with Crippen LogP contribution in [0.25, 0.3) is 0 Å². The van der Waals surface area contributed by atoms with E-state index in [0.29, 0.717) is 138 Å². The molecule has 21 nitrogen and oxygen atoms in total. The highest BCUT2D eigenvalue weighted by Gasteiger charge is 2.19. The fraction of sp³-hybridized carbons (Fsp3) is 0.868. The topological polar surface area (TPSA) is 255 Å². The van der Waals surface area contributed by atoms with E-state index in [4.69, 9.17) is 53.1 Å². The van der Waals surface area contributed by atoms with Gasteiger partial charge >= 0.3 is 0 Å².